The number of hydrogen-bond donors (Lipinski definition) is 2. The van der Waals surface area contributed by atoms with Crippen LogP contribution in [0.25, 0.3) is 16.8 Å². The highest BCUT2D eigenvalue weighted by molar-refractivity contribution is 6.35. The van der Waals surface area contributed by atoms with Crippen molar-refractivity contribution in [1.82, 2.24) is 20.0 Å². The lowest BCUT2D eigenvalue weighted by atomic mass is 9.66. The number of halogens is 1. The number of fused-ring (bicyclic) bond motifs is 3. The number of aliphatic carboxylic acids is 1. The number of allylic oxidation sites excluding steroid dienone is 3. The van der Waals surface area contributed by atoms with Crippen molar-refractivity contribution in [2.24, 2.45) is 17.3 Å². The van der Waals surface area contributed by atoms with Gasteiger partial charge in [0.15, 0.2) is 5.78 Å². The molecule has 1 aliphatic carbocycles. The SMILES string of the molecule is CC(C)(C)[C@@H]1Cn2nc(-c3cn[nH]c3)c(Cl)c2/C2=C/C(=O)/C(C(=O)O)=C\CCC21. The normalized spacial score (nSPS) is 25.7. The highest BCUT2D eigenvalue weighted by atomic mass is 35.5. The van der Waals surface area contributed by atoms with Crippen molar-refractivity contribution in [3.05, 3.63) is 40.8 Å². The van der Waals surface area contributed by atoms with Crippen molar-refractivity contribution in [3.63, 3.8) is 0 Å². The number of H-pyrrole nitrogens is 1. The fourth-order valence-corrected chi connectivity index (χ4v) is 4.80. The van der Waals surface area contributed by atoms with E-state index in [2.05, 4.69) is 31.0 Å². The van der Waals surface area contributed by atoms with Gasteiger partial charge in [-0.25, -0.2) is 4.79 Å². The van der Waals surface area contributed by atoms with Gasteiger partial charge in [0, 0.05) is 18.3 Å². The number of hydrogen-bond acceptors (Lipinski definition) is 4. The van der Waals surface area contributed by atoms with Gasteiger partial charge in [0.2, 0.25) is 0 Å². The Morgan fingerprint density at radius 2 is 2.14 bits per heavy atom. The molecule has 0 saturated heterocycles. The van der Waals surface area contributed by atoms with Gasteiger partial charge in [0.05, 0.1) is 16.9 Å². The van der Waals surface area contributed by atoms with Crippen LogP contribution in [-0.4, -0.2) is 36.8 Å². The van der Waals surface area contributed by atoms with Gasteiger partial charge in [0.25, 0.3) is 0 Å². The molecule has 0 spiro atoms. The van der Waals surface area contributed by atoms with Crippen LogP contribution in [0.1, 0.15) is 39.3 Å². The van der Waals surface area contributed by atoms with Crippen molar-refractivity contribution in [2.45, 2.75) is 40.2 Å². The summed E-state index contributed by atoms with van der Waals surface area (Å²) in [6, 6.07) is 0. The standard InChI is InChI=1S/C21H23ClN4O3/c1-21(2,3)15-10-26-19(17(22)18(25-26)11-8-23-24-9-11)14-7-16(27)13(20(28)29)6-4-5-12(14)15/h6-9,12,15H,4-5,10H2,1-3H3,(H,23,24)(H,28,29)/b13-6+,14-7+/t12?,15-/m1/s1. The minimum atomic E-state index is -1.20. The number of nitrogens with one attached hydrogen (secondary N) is 1. The van der Waals surface area contributed by atoms with Crippen molar-refractivity contribution in [2.75, 3.05) is 0 Å². The number of carbonyl (C=O) groups is 2. The molecule has 0 aromatic carbocycles. The Labute approximate surface area is 173 Å². The average Bonchev–Trinajstić information content (AvgIpc) is 3.24. The Morgan fingerprint density at radius 3 is 2.76 bits per heavy atom. The molecule has 7 nitrogen and oxygen atoms in total. The topological polar surface area (TPSA) is 101 Å². The number of carbonyl (C=O) groups excluding carboxylic acids is 1. The maximum absolute atomic E-state index is 12.8. The Bertz CT molecular complexity index is 1040. The highest BCUT2D eigenvalue weighted by Gasteiger charge is 2.42. The molecule has 2 aliphatic rings. The smallest absolute Gasteiger partial charge is 0.339 e. The molecule has 0 amide bonds. The molecule has 0 fully saturated rings. The van der Waals surface area contributed by atoms with E-state index >= 15 is 0 Å². The second-order valence-corrected chi connectivity index (χ2v) is 9.10. The summed E-state index contributed by atoms with van der Waals surface area (Å²) in [6.07, 6.45) is 7.66. The summed E-state index contributed by atoms with van der Waals surface area (Å²) in [7, 11) is 0. The molecular weight excluding hydrogens is 392 g/mol. The summed E-state index contributed by atoms with van der Waals surface area (Å²) >= 11 is 6.75. The molecular formula is C21H23ClN4O3. The number of aromatic nitrogens is 4. The molecule has 3 heterocycles. The molecule has 2 aromatic rings. The van der Waals surface area contributed by atoms with E-state index in [0.29, 0.717) is 29.4 Å². The maximum atomic E-state index is 12.8. The molecule has 0 saturated carbocycles. The monoisotopic (exact) mass is 414 g/mol. The number of carboxylic acid groups (broad SMARTS) is 1. The van der Waals surface area contributed by atoms with Gasteiger partial charge in [-0.15, -0.1) is 0 Å². The second kappa shape index (κ2) is 6.99. The van der Waals surface area contributed by atoms with E-state index in [4.69, 9.17) is 16.7 Å². The lowest BCUT2D eigenvalue weighted by Crippen LogP contribution is -2.38. The third-order valence-electron chi connectivity index (χ3n) is 5.92. The van der Waals surface area contributed by atoms with Crippen LogP contribution in [-0.2, 0) is 16.1 Å². The predicted molar refractivity (Wildman–Crippen MR) is 109 cm³/mol. The van der Waals surface area contributed by atoms with E-state index in [1.165, 1.54) is 6.08 Å². The van der Waals surface area contributed by atoms with Gasteiger partial charge in [-0.1, -0.05) is 38.4 Å². The van der Waals surface area contributed by atoms with E-state index in [9.17, 15) is 14.7 Å². The number of ketones is 1. The van der Waals surface area contributed by atoms with Gasteiger partial charge in [-0.3, -0.25) is 14.6 Å². The molecule has 4 rings (SSSR count). The second-order valence-electron chi connectivity index (χ2n) is 8.72. The van der Waals surface area contributed by atoms with E-state index in [1.807, 2.05) is 4.68 Å². The molecule has 152 valence electrons. The van der Waals surface area contributed by atoms with Crippen molar-refractivity contribution in [1.29, 1.82) is 0 Å². The fraction of sp³-hybridized carbons (Fsp3) is 0.429. The van der Waals surface area contributed by atoms with E-state index in [0.717, 1.165) is 17.6 Å². The van der Waals surface area contributed by atoms with Gasteiger partial charge < -0.3 is 5.11 Å². The van der Waals surface area contributed by atoms with Crippen LogP contribution in [0.5, 0.6) is 0 Å². The molecule has 29 heavy (non-hydrogen) atoms. The van der Waals surface area contributed by atoms with Crippen molar-refractivity contribution in [3.8, 4) is 11.3 Å². The Hall–Kier alpha value is -2.67. The summed E-state index contributed by atoms with van der Waals surface area (Å²) in [5, 5.41) is 21.3. The third-order valence-corrected chi connectivity index (χ3v) is 6.27. The largest absolute Gasteiger partial charge is 0.478 e. The number of nitrogens with zero attached hydrogens (tertiary/aromatic N) is 3. The Kier molecular flexibility index (Phi) is 4.73. The lowest BCUT2D eigenvalue weighted by molar-refractivity contribution is -0.134. The van der Waals surface area contributed by atoms with Gasteiger partial charge in [-0.2, -0.15) is 10.2 Å². The van der Waals surface area contributed by atoms with E-state index in [1.54, 1.807) is 18.5 Å². The van der Waals surface area contributed by atoms with E-state index in [-0.39, 0.29) is 22.8 Å². The molecule has 2 aromatic heterocycles. The molecule has 1 aliphatic heterocycles. The molecule has 2 atom stereocenters. The zero-order valence-corrected chi connectivity index (χ0v) is 17.3. The minimum Gasteiger partial charge on any atom is -0.478 e. The zero-order valence-electron chi connectivity index (χ0n) is 16.6. The van der Waals surface area contributed by atoms with Crippen LogP contribution in [0.2, 0.25) is 5.02 Å². The first kappa shape index (κ1) is 19.6. The zero-order chi connectivity index (χ0) is 20.9. The van der Waals surface area contributed by atoms with Crippen LogP contribution in [0, 0.1) is 17.3 Å². The van der Waals surface area contributed by atoms with Crippen LogP contribution in [0.15, 0.2) is 30.1 Å². The predicted octanol–water partition coefficient (Wildman–Crippen LogP) is 3.98. The molecule has 0 radical (unpaired) electrons. The third kappa shape index (κ3) is 3.33. The quantitative estimate of drug-likeness (QED) is 0.724. The van der Waals surface area contributed by atoms with Crippen LogP contribution in [0.4, 0.5) is 0 Å². The van der Waals surface area contributed by atoms with Crippen LogP contribution >= 0.6 is 11.6 Å². The van der Waals surface area contributed by atoms with Crippen molar-refractivity contribution < 1.29 is 14.7 Å². The van der Waals surface area contributed by atoms with Crippen LogP contribution in [0.3, 0.4) is 0 Å². The molecule has 0 bridgehead atoms. The average molecular weight is 415 g/mol. The molecule has 2 N–H and O–H groups in total. The summed E-state index contributed by atoms with van der Waals surface area (Å²) in [6.45, 7) is 7.23. The highest BCUT2D eigenvalue weighted by Crippen LogP contribution is 2.49. The number of carboxylic acids is 1. The van der Waals surface area contributed by atoms with Crippen LogP contribution < -0.4 is 0 Å². The van der Waals surface area contributed by atoms with Gasteiger partial charge >= 0.3 is 5.97 Å². The van der Waals surface area contributed by atoms with Crippen molar-refractivity contribution >= 4 is 28.9 Å². The number of rotatable bonds is 2. The number of aromatic amines is 1. The lowest BCUT2D eigenvalue weighted by Gasteiger charge is -2.42. The Balaban J connectivity index is 1.92. The minimum absolute atomic E-state index is 0.0305. The van der Waals surface area contributed by atoms with Gasteiger partial charge in [-0.05, 0) is 41.7 Å². The first-order chi connectivity index (χ1) is 13.7. The molecule has 8 heteroatoms. The summed E-state index contributed by atoms with van der Waals surface area (Å²) in [4.78, 5) is 24.3. The summed E-state index contributed by atoms with van der Waals surface area (Å²) in [5.41, 5.74) is 2.63. The summed E-state index contributed by atoms with van der Waals surface area (Å²) < 4.78 is 1.86. The first-order valence-corrected chi connectivity index (χ1v) is 10.0. The van der Waals surface area contributed by atoms with E-state index < -0.39 is 11.8 Å². The fourth-order valence-electron chi connectivity index (χ4n) is 4.45. The first-order valence-electron chi connectivity index (χ1n) is 9.63. The Morgan fingerprint density at radius 1 is 1.38 bits per heavy atom. The molecule has 1 unspecified atom stereocenters. The van der Waals surface area contributed by atoms with Gasteiger partial charge in [0.1, 0.15) is 11.3 Å². The maximum Gasteiger partial charge on any atom is 0.339 e. The summed E-state index contributed by atoms with van der Waals surface area (Å²) in [5.74, 6) is -1.39.